The van der Waals surface area contributed by atoms with Crippen LogP contribution in [0.5, 0.6) is 0 Å². The molecule has 1 aromatic rings. The van der Waals surface area contributed by atoms with E-state index in [-0.39, 0.29) is 5.91 Å². The Morgan fingerprint density at radius 3 is 2.62 bits per heavy atom. The second kappa shape index (κ2) is 8.40. The lowest BCUT2D eigenvalue weighted by atomic mass is 10.1. The number of nitriles is 1. The first-order valence-corrected chi connectivity index (χ1v) is 7.38. The number of benzene rings is 1. The Bertz CT molecular complexity index is 487. The molecule has 1 fully saturated rings. The maximum absolute atomic E-state index is 11.9. The van der Waals surface area contributed by atoms with Gasteiger partial charge in [-0.25, -0.2) is 0 Å². The van der Waals surface area contributed by atoms with E-state index in [4.69, 9.17) is 10.00 Å². The predicted octanol–water partition coefficient (Wildman–Crippen LogP) is 1.40. The summed E-state index contributed by atoms with van der Waals surface area (Å²) in [6.07, 6.45) is 2.05. The van der Waals surface area contributed by atoms with Crippen molar-refractivity contribution < 1.29 is 9.53 Å². The fraction of sp³-hybridized carbons (Fsp3) is 0.500. The Morgan fingerprint density at radius 1 is 1.24 bits per heavy atom. The highest BCUT2D eigenvalue weighted by atomic mass is 16.5. The normalized spacial score (nSPS) is 15.4. The van der Waals surface area contributed by atoms with Gasteiger partial charge in [0.15, 0.2) is 0 Å². The molecule has 0 aliphatic carbocycles. The van der Waals surface area contributed by atoms with E-state index in [9.17, 15) is 4.79 Å². The largest absolute Gasteiger partial charge is 0.379 e. The van der Waals surface area contributed by atoms with Crippen LogP contribution >= 0.6 is 0 Å². The molecule has 1 saturated heterocycles. The Labute approximate surface area is 125 Å². The molecule has 1 N–H and O–H groups in total. The maximum Gasteiger partial charge on any atom is 0.251 e. The molecule has 2 rings (SSSR count). The smallest absolute Gasteiger partial charge is 0.251 e. The number of morpholine rings is 1. The van der Waals surface area contributed by atoms with Gasteiger partial charge in [0.1, 0.15) is 0 Å². The van der Waals surface area contributed by atoms with Crippen LogP contribution in [0.3, 0.4) is 0 Å². The summed E-state index contributed by atoms with van der Waals surface area (Å²) >= 11 is 0. The molecule has 0 atom stereocenters. The Hall–Kier alpha value is -1.90. The molecule has 0 unspecified atom stereocenters. The second-order valence-corrected chi connectivity index (χ2v) is 5.11. The maximum atomic E-state index is 11.9. The number of carbonyl (C=O) groups is 1. The molecule has 0 radical (unpaired) electrons. The molecular formula is C16H21N3O2. The highest BCUT2D eigenvalue weighted by Crippen LogP contribution is 2.03. The van der Waals surface area contributed by atoms with E-state index in [1.165, 1.54) is 0 Å². The number of unbranched alkanes of at least 4 members (excludes halogenated alkanes) is 1. The molecule has 1 aliphatic heterocycles. The molecule has 0 bridgehead atoms. The molecule has 5 nitrogen and oxygen atoms in total. The molecule has 21 heavy (non-hydrogen) atoms. The van der Waals surface area contributed by atoms with Gasteiger partial charge < -0.3 is 10.1 Å². The lowest BCUT2D eigenvalue weighted by molar-refractivity contribution is 0.0372. The van der Waals surface area contributed by atoms with Crippen LogP contribution in [0.4, 0.5) is 0 Å². The predicted molar refractivity (Wildman–Crippen MR) is 80.0 cm³/mol. The third kappa shape index (κ3) is 5.18. The molecule has 1 heterocycles. The molecule has 1 aromatic carbocycles. The van der Waals surface area contributed by atoms with Crippen LogP contribution in [0.15, 0.2) is 24.3 Å². The summed E-state index contributed by atoms with van der Waals surface area (Å²) in [5, 5.41) is 11.6. The summed E-state index contributed by atoms with van der Waals surface area (Å²) in [7, 11) is 0. The van der Waals surface area contributed by atoms with E-state index >= 15 is 0 Å². The van der Waals surface area contributed by atoms with Crippen LogP contribution in [-0.2, 0) is 4.74 Å². The third-order valence-corrected chi connectivity index (χ3v) is 3.57. The molecule has 5 heteroatoms. The Morgan fingerprint density at radius 2 is 1.95 bits per heavy atom. The molecular weight excluding hydrogens is 266 g/mol. The van der Waals surface area contributed by atoms with Crippen LogP contribution < -0.4 is 5.32 Å². The minimum Gasteiger partial charge on any atom is -0.379 e. The molecule has 1 aliphatic rings. The van der Waals surface area contributed by atoms with Crippen LogP contribution in [0.1, 0.15) is 28.8 Å². The zero-order valence-corrected chi connectivity index (χ0v) is 12.2. The fourth-order valence-corrected chi connectivity index (χ4v) is 2.29. The summed E-state index contributed by atoms with van der Waals surface area (Å²) in [5.74, 6) is -0.0779. The van der Waals surface area contributed by atoms with E-state index in [2.05, 4.69) is 10.2 Å². The van der Waals surface area contributed by atoms with Gasteiger partial charge in [0.25, 0.3) is 5.91 Å². The number of carbonyl (C=O) groups excluding carboxylic acids is 1. The summed E-state index contributed by atoms with van der Waals surface area (Å²) in [6, 6.07) is 8.72. The lowest BCUT2D eigenvalue weighted by Gasteiger charge is -2.26. The van der Waals surface area contributed by atoms with E-state index < -0.39 is 0 Å². The summed E-state index contributed by atoms with van der Waals surface area (Å²) < 4.78 is 5.31. The Kier molecular flexibility index (Phi) is 6.20. The Balaban J connectivity index is 1.61. The van der Waals surface area contributed by atoms with Crippen molar-refractivity contribution in [2.24, 2.45) is 0 Å². The SMILES string of the molecule is N#Cc1ccc(C(=O)NCCCCN2CCOCC2)cc1. The first kappa shape index (κ1) is 15.5. The topological polar surface area (TPSA) is 65.4 Å². The monoisotopic (exact) mass is 287 g/mol. The quantitative estimate of drug-likeness (QED) is 0.803. The number of ether oxygens (including phenoxy) is 1. The number of rotatable bonds is 6. The second-order valence-electron chi connectivity index (χ2n) is 5.11. The van der Waals surface area contributed by atoms with Gasteiger partial charge in [-0.1, -0.05) is 0 Å². The van der Waals surface area contributed by atoms with E-state index in [1.807, 2.05) is 6.07 Å². The van der Waals surface area contributed by atoms with Crippen LogP contribution in [0.2, 0.25) is 0 Å². The molecule has 0 spiro atoms. The summed E-state index contributed by atoms with van der Waals surface area (Å²) in [6.45, 7) is 5.43. The number of nitrogens with one attached hydrogen (secondary N) is 1. The van der Waals surface area contributed by atoms with Crippen molar-refractivity contribution in [3.05, 3.63) is 35.4 Å². The summed E-state index contributed by atoms with van der Waals surface area (Å²) in [5.41, 5.74) is 1.17. The standard InChI is InChI=1S/C16H21N3O2/c17-13-14-3-5-15(6-4-14)16(20)18-7-1-2-8-19-9-11-21-12-10-19/h3-6H,1-2,7-12H2,(H,18,20). The molecule has 0 saturated carbocycles. The fourth-order valence-electron chi connectivity index (χ4n) is 2.29. The minimum absolute atomic E-state index is 0.0779. The lowest BCUT2D eigenvalue weighted by Crippen LogP contribution is -2.37. The van der Waals surface area contributed by atoms with Crippen molar-refractivity contribution in [1.29, 1.82) is 5.26 Å². The van der Waals surface area contributed by atoms with E-state index in [0.717, 1.165) is 45.7 Å². The third-order valence-electron chi connectivity index (χ3n) is 3.57. The first-order valence-electron chi connectivity index (χ1n) is 7.38. The van der Waals surface area contributed by atoms with Crippen LogP contribution in [0.25, 0.3) is 0 Å². The van der Waals surface area contributed by atoms with E-state index in [0.29, 0.717) is 17.7 Å². The van der Waals surface area contributed by atoms with Gasteiger partial charge in [0.2, 0.25) is 0 Å². The first-order chi connectivity index (χ1) is 10.3. The minimum atomic E-state index is -0.0779. The van der Waals surface area contributed by atoms with Gasteiger partial charge in [0, 0.05) is 25.2 Å². The highest BCUT2D eigenvalue weighted by molar-refractivity contribution is 5.94. The van der Waals surface area contributed by atoms with Crippen molar-refractivity contribution in [2.75, 3.05) is 39.4 Å². The molecule has 112 valence electrons. The number of hydrogen-bond acceptors (Lipinski definition) is 4. The van der Waals surface area contributed by atoms with Crippen molar-refractivity contribution in [3.8, 4) is 6.07 Å². The van der Waals surface area contributed by atoms with Gasteiger partial charge in [-0.3, -0.25) is 9.69 Å². The average molecular weight is 287 g/mol. The van der Waals surface area contributed by atoms with Gasteiger partial charge >= 0.3 is 0 Å². The molecule has 1 amide bonds. The number of hydrogen-bond donors (Lipinski definition) is 1. The van der Waals surface area contributed by atoms with Gasteiger partial charge in [-0.05, 0) is 43.7 Å². The zero-order valence-electron chi connectivity index (χ0n) is 12.2. The zero-order chi connectivity index (χ0) is 14.9. The molecule has 0 aromatic heterocycles. The van der Waals surface area contributed by atoms with Crippen molar-refractivity contribution in [3.63, 3.8) is 0 Å². The van der Waals surface area contributed by atoms with Crippen molar-refractivity contribution in [2.45, 2.75) is 12.8 Å². The average Bonchev–Trinajstić information content (AvgIpc) is 2.55. The van der Waals surface area contributed by atoms with Crippen LogP contribution in [0, 0.1) is 11.3 Å². The van der Waals surface area contributed by atoms with Gasteiger partial charge in [-0.2, -0.15) is 5.26 Å². The summed E-state index contributed by atoms with van der Waals surface area (Å²) in [4.78, 5) is 14.3. The van der Waals surface area contributed by atoms with Gasteiger partial charge in [0.05, 0.1) is 24.8 Å². The number of amides is 1. The van der Waals surface area contributed by atoms with E-state index in [1.54, 1.807) is 24.3 Å². The highest BCUT2D eigenvalue weighted by Gasteiger charge is 2.09. The van der Waals surface area contributed by atoms with Crippen molar-refractivity contribution in [1.82, 2.24) is 10.2 Å². The number of nitrogens with zero attached hydrogens (tertiary/aromatic N) is 2. The van der Waals surface area contributed by atoms with Gasteiger partial charge in [-0.15, -0.1) is 0 Å². The van der Waals surface area contributed by atoms with Crippen LogP contribution in [-0.4, -0.2) is 50.2 Å². The van der Waals surface area contributed by atoms with Crippen molar-refractivity contribution >= 4 is 5.91 Å².